The highest BCUT2D eigenvalue weighted by molar-refractivity contribution is 5.79. The van der Waals surface area contributed by atoms with E-state index < -0.39 is 0 Å². The largest absolute Gasteiger partial charge is 0.334 e. The van der Waals surface area contributed by atoms with E-state index in [0.717, 1.165) is 12.1 Å². The number of para-hydroxylation sites is 1. The molecule has 4 rings (SSSR count). The number of hydrogen-bond acceptors (Lipinski definition) is 3. The number of carbonyl (C=O) groups is 1. The van der Waals surface area contributed by atoms with Crippen LogP contribution in [0.2, 0.25) is 0 Å². The zero-order chi connectivity index (χ0) is 18.8. The maximum Gasteiger partial charge on any atom is 0.261 e. The highest BCUT2D eigenvalue weighted by atomic mass is 16.2. The molecule has 5 heteroatoms. The van der Waals surface area contributed by atoms with Crippen LogP contribution in [-0.2, 0) is 11.3 Å². The standard InChI is InChI=1S/C22H23N3O2/c1-16(18-7-3-2-4-8-18)25(13-17-11-12-17)21(26)14-24-15-23-20-10-6-5-9-19(20)22(24)27/h2-10,15-17H,11-14H2,1H3/t16-/m0/s1. The first-order valence-electron chi connectivity index (χ1n) is 9.42. The van der Waals surface area contributed by atoms with Crippen molar-refractivity contribution in [1.82, 2.24) is 14.5 Å². The van der Waals surface area contributed by atoms with Crippen molar-refractivity contribution < 1.29 is 4.79 Å². The Balaban J connectivity index is 1.60. The van der Waals surface area contributed by atoms with E-state index in [1.165, 1.54) is 23.7 Å². The first-order valence-corrected chi connectivity index (χ1v) is 9.42. The van der Waals surface area contributed by atoms with Gasteiger partial charge in [0.1, 0.15) is 6.54 Å². The third kappa shape index (κ3) is 3.77. The minimum Gasteiger partial charge on any atom is -0.334 e. The molecule has 0 N–H and O–H groups in total. The molecule has 0 radical (unpaired) electrons. The summed E-state index contributed by atoms with van der Waals surface area (Å²) in [6.45, 7) is 2.81. The van der Waals surface area contributed by atoms with Crippen molar-refractivity contribution in [3.05, 3.63) is 76.8 Å². The molecule has 1 atom stereocenters. The monoisotopic (exact) mass is 361 g/mol. The van der Waals surface area contributed by atoms with Crippen LogP contribution in [0.15, 0.2) is 65.7 Å². The van der Waals surface area contributed by atoms with Gasteiger partial charge in [0.05, 0.1) is 23.3 Å². The van der Waals surface area contributed by atoms with Crippen molar-refractivity contribution in [3.63, 3.8) is 0 Å². The second kappa shape index (κ2) is 7.35. The normalized spacial score (nSPS) is 14.9. The summed E-state index contributed by atoms with van der Waals surface area (Å²) in [6, 6.07) is 17.2. The third-order valence-electron chi connectivity index (χ3n) is 5.26. The smallest absolute Gasteiger partial charge is 0.261 e. The quantitative estimate of drug-likeness (QED) is 0.676. The van der Waals surface area contributed by atoms with E-state index in [1.807, 2.05) is 47.4 Å². The van der Waals surface area contributed by atoms with Crippen molar-refractivity contribution >= 4 is 16.8 Å². The predicted octanol–water partition coefficient (Wildman–Crippen LogP) is 3.40. The molecule has 0 spiro atoms. The number of rotatable bonds is 6. The van der Waals surface area contributed by atoms with E-state index in [2.05, 4.69) is 11.9 Å². The van der Waals surface area contributed by atoms with Gasteiger partial charge >= 0.3 is 0 Å². The molecule has 0 unspecified atom stereocenters. The number of amides is 1. The van der Waals surface area contributed by atoms with Gasteiger partial charge in [-0.3, -0.25) is 14.2 Å². The highest BCUT2D eigenvalue weighted by Gasteiger charge is 2.30. The molecule has 0 aliphatic heterocycles. The molecule has 1 saturated carbocycles. The Kier molecular flexibility index (Phi) is 4.75. The topological polar surface area (TPSA) is 55.2 Å². The first-order chi connectivity index (χ1) is 13.1. The summed E-state index contributed by atoms with van der Waals surface area (Å²) >= 11 is 0. The molecule has 138 valence electrons. The average Bonchev–Trinajstić information content (AvgIpc) is 3.53. The summed E-state index contributed by atoms with van der Waals surface area (Å²) in [5, 5.41) is 0.539. The second-order valence-electron chi connectivity index (χ2n) is 7.27. The van der Waals surface area contributed by atoms with Gasteiger partial charge in [0.25, 0.3) is 5.56 Å². The van der Waals surface area contributed by atoms with Crippen molar-refractivity contribution in [2.45, 2.75) is 32.4 Å². The van der Waals surface area contributed by atoms with Gasteiger partial charge in [0, 0.05) is 6.54 Å². The Hall–Kier alpha value is -2.95. The number of benzene rings is 2. The Morgan fingerprint density at radius 3 is 2.59 bits per heavy atom. The SMILES string of the molecule is C[C@@H](c1ccccc1)N(CC1CC1)C(=O)Cn1cnc2ccccc2c1=O. The lowest BCUT2D eigenvalue weighted by Gasteiger charge is -2.30. The lowest BCUT2D eigenvalue weighted by Crippen LogP contribution is -2.39. The lowest BCUT2D eigenvalue weighted by atomic mass is 10.1. The molecule has 27 heavy (non-hydrogen) atoms. The van der Waals surface area contributed by atoms with Crippen LogP contribution in [0.4, 0.5) is 0 Å². The fourth-order valence-corrected chi connectivity index (χ4v) is 3.42. The van der Waals surface area contributed by atoms with Crippen LogP contribution >= 0.6 is 0 Å². The molecular formula is C22H23N3O2. The third-order valence-corrected chi connectivity index (χ3v) is 5.26. The van der Waals surface area contributed by atoms with Crippen LogP contribution in [0.5, 0.6) is 0 Å². The fourth-order valence-electron chi connectivity index (χ4n) is 3.42. The van der Waals surface area contributed by atoms with Crippen molar-refractivity contribution in [1.29, 1.82) is 0 Å². The maximum atomic E-state index is 13.1. The zero-order valence-corrected chi connectivity index (χ0v) is 15.4. The van der Waals surface area contributed by atoms with Crippen LogP contribution < -0.4 is 5.56 Å². The molecule has 0 bridgehead atoms. The van der Waals surface area contributed by atoms with Crippen LogP contribution in [0, 0.1) is 5.92 Å². The van der Waals surface area contributed by atoms with Gasteiger partial charge in [-0.25, -0.2) is 4.98 Å². The van der Waals surface area contributed by atoms with Gasteiger partial charge in [0.15, 0.2) is 0 Å². The molecular weight excluding hydrogens is 338 g/mol. The molecule has 1 aliphatic rings. The number of hydrogen-bond donors (Lipinski definition) is 0. The van der Waals surface area contributed by atoms with Gasteiger partial charge in [-0.15, -0.1) is 0 Å². The molecule has 1 aromatic heterocycles. The van der Waals surface area contributed by atoms with E-state index in [-0.39, 0.29) is 24.1 Å². The summed E-state index contributed by atoms with van der Waals surface area (Å²) in [5.41, 5.74) is 1.59. The molecule has 5 nitrogen and oxygen atoms in total. The van der Waals surface area contributed by atoms with Gasteiger partial charge in [0.2, 0.25) is 5.91 Å². The number of carbonyl (C=O) groups excluding carboxylic acids is 1. The maximum absolute atomic E-state index is 13.1. The average molecular weight is 361 g/mol. The number of fused-ring (bicyclic) bond motifs is 1. The summed E-state index contributed by atoms with van der Waals surface area (Å²) < 4.78 is 1.42. The van der Waals surface area contributed by atoms with Gasteiger partial charge < -0.3 is 4.90 Å². The lowest BCUT2D eigenvalue weighted by molar-refractivity contribution is -0.134. The molecule has 3 aromatic rings. The van der Waals surface area contributed by atoms with Crippen molar-refractivity contribution in [3.8, 4) is 0 Å². The van der Waals surface area contributed by atoms with Crippen LogP contribution in [-0.4, -0.2) is 26.9 Å². The van der Waals surface area contributed by atoms with Gasteiger partial charge in [-0.2, -0.15) is 0 Å². The van der Waals surface area contributed by atoms with E-state index in [4.69, 9.17) is 0 Å². The minimum absolute atomic E-state index is 0.0144. The fraction of sp³-hybridized carbons (Fsp3) is 0.318. The van der Waals surface area contributed by atoms with Crippen molar-refractivity contribution in [2.24, 2.45) is 5.92 Å². The zero-order valence-electron chi connectivity index (χ0n) is 15.4. The number of aromatic nitrogens is 2. The molecule has 2 aromatic carbocycles. The van der Waals surface area contributed by atoms with Crippen LogP contribution in [0.1, 0.15) is 31.4 Å². The highest BCUT2D eigenvalue weighted by Crippen LogP contribution is 2.33. The molecule has 0 saturated heterocycles. The number of nitrogens with zero attached hydrogens (tertiary/aromatic N) is 3. The second-order valence-corrected chi connectivity index (χ2v) is 7.27. The van der Waals surface area contributed by atoms with Crippen LogP contribution in [0.25, 0.3) is 10.9 Å². The van der Waals surface area contributed by atoms with Crippen LogP contribution in [0.3, 0.4) is 0 Å². The Bertz CT molecular complexity index is 1010. The van der Waals surface area contributed by atoms with E-state index in [0.29, 0.717) is 16.8 Å². The Morgan fingerprint density at radius 2 is 1.85 bits per heavy atom. The Morgan fingerprint density at radius 1 is 1.15 bits per heavy atom. The van der Waals surface area contributed by atoms with E-state index in [1.54, 1.807) is 12.1 Å². The Labute approximate surface area is 158 Å². The van der Waals surface area contributed by atoms with Crippen molar-refractivity contribution in [2.75, 3.05) is 6.54 Å². The summed E-state index contributed by atoms with van der Waals surface area (Å²) in [4.78, 5) is 32.1. The summed E-state index contributed by atoms with van der Waals surface area (Å²) in [7, 11) is 0. The molecule has 1 aliphatic carbocycles. The molecule has 1 heterocycles. The molecule has 1 fully saturated rings. The summed E-state index contributed by atoms with van der Waals surface area (Å²) in [6.07, 6.45) is 3.82. The first kappa shape index (κ1) is 17.5. The van der Waals surface area contributed by atoms with Gasteiger partial charge in [-0.05, 0) is 43.4 Å². The molecule has 1 amide bonds. The summed E-state index contributed by atoms with van der Waals surface area (Å²) in [5.74, 6) is 0.531. The van der Waals surface area contributed by atoms with E-state index >= 15 is 0 Å². The van der Waals surface area contributed by atoms with E-state index in [9.17, 15) is 9.59 Å². The van der Waals surface area contributed by atoms with Gasteiger partial charge in [-0.1, -0.05) is 42.5 Å². The minimum atomic E-state index is -0.173. The predicted molar refractivity (Wildman–Crippen MR) is 105 cm³/mol.